The minimum atomic E-state index is -0.470. The average Bonchev–Trinajstić information content (AvgIpc) is 3.31. The zero-order valence-corrected chi connectivity index (χ0v) is 23.4. The van der Waals surface area contributed by atoms with Crippen LogP contribution >= 0.6 is 0 Å². The van der Waals surface area contributed by atoms with Gasteiger partial charge in [-0.1, -0.05) is 44.2 Å². The minimum Gasteiger partial charge on any atom is -0.385 e. The Morgan fingerprint density at radius 1 is 1.15 bits per heavy atom. The molecule has 2 heterocycles. The molecule has 3 aromatic rings. The molecule has 0 radical (unpaired) electrons. The Bertz CT molecular complexity index is 1260. The van der Waals surface area contributed by atoms with E-state index in [0.29, 0.717) is 19.7 Å². The zero-order chi connectivity index (χ0) is 27.8. The number of amides is 3. The number of piperidine rings is 1. The highest BCUT2D eigenvalue weighted by molar-refractivity contribution is 5.90. The fourth-order valence-electron chi connectivity index (χ4n) is 5.35. The molecule has 210 valence electrons. The molecule has 1 aliphatic rings. The van der Waals surface area contributed by atoms with Crippen LogP contribution in [0, 0.1) is 0 Å². The lowest BCUT2D eigenvalue weighted by Crippen LogP contribution is -2.45. The van der Waals surface area contributed by atoms with E-state index in [1.54, 1.807) is 7.11 Å². The molecule has 1 saturated heterocycles. The number of imidazole rings is 1. The quantitative estimate of drug-likeness (QED) is 0.315. The SMILES string of the molecule is COCCCn1c(C2CCCN(C(=O)CC(N)CNC(=O)Nc3ccccc3C(C)C)C2)nc2ccccc21. The number of para-hydroxylation sites is 3. The number of methoxy groups -OCH3 is 1. The summed E-state index contributed by atoms with van der Waals surface area (Å²) in [6, 6.07) is 15.1. The molecule has 39 heavy (non-hydrogen) atoms. The molecule has 1 aliphatic heterocycles. The van der Waals surface area contributed by atoms with Crippen LogP contribution in [0.5, 0.6) is 0 Å². The lowest BCUT2D eigenvalue weighted by Gasteiger charge is -2.33. The number of rotatable bonds is 11. The second kappa shape index (κ2) is 13.6. The minimum absolute atomic E-state index is 0.0154. The zero-order valence-electron chi connectivity index (χ0n) is 23.4. The van der Waals surface area contributed by atoms with Crippen molar-refractivity contribution >= 4 is 28.7 Å². The molecule has 0 aliphatic carbocycles. The van der Waals surface area contributed by atoms with Gasteiger partial charge in [-0.15, -0.1) is 0 Å². The molecular formula is C30H42N6O3. The Morgan fingerprint density at radius 3 is 2.72 bits per heavy atom. The van der Waals surface area contributed by atoms with E-state index in [2.05, 4.69) is 35.1 Å². The monoisotopic (exact) mass is 534 g/mol. The van der Waals surface area contributed by atoms with Crippen molar-refractivity contribution in [1.29, 1.82) is 0 Å². The molecule has 0 spiro atoms. The smallest absolute Gasteiger partial charge is 0.319 e. The van der Waals surface area contributed by atoms with Gasteiger partial charge in [0.1, 0.15) is 5.82 Å². The molecule has 2 atom stereocenters. The van der Waals surface area contributed by atoms with Crippen LogP contribution in [0.15, 0.2) is 48.5 Å². The average molecular weight is 535 g/mol. The second-order valence-electron chi connectivity index (χ2n) is 10.7. The summed E-state index contributed by atoms with van der Waals surface area (Å²) in [5.41, 5.74) is 10.2. The van der Waals surface area contributed by atoms with Gasteiger partial charge in [0.05, 0.1) is 11.0 Å². The number of carbonyl (C=O) groups excluding carboxylic acids is 2. The van der Waals surface area contributed by atoms with E-state index in [0.717, 1.165) is 53.9 Å². The van der Waals surface area contributed by atoms with Crippen LogP contribution in [0.25, 0.3) is 11.0 Å². The molecule has 2 aromatic carbocycles. The first-order valence-corrected chi connectivity index (χ1v) is 14.0. The Morgan fingerprint density at radius 2 is 1.92 bits per heavy atom. The number of ether oxygens (including phenoxy) is 1. The predicted octanol–water partition coefficient (Wildman–Crippen LogP) is 4.44. The van der Waals surface area contributed by atoms with Crippen LogP contribution in [0.3, 0.4) is 0 Å². The molecule has 4 rings (SSSR count). The molecule has 0 bridgehead atoms. The van der Waals surface area contributed by atoms with Crippen LogP contribution in [0.1, 0.15) is 62.8 Å². The number of fused-ring (bicyclic) bond motifs is 1. The molecule has 2 unspecified atom stereocenters. The number of aryl methyl sites for hydroxylation is 1. The molecule has 0 saturated carbocycles. The van der Waals surface area contributed by atoms with Crippen molar-refractivity contribution in [1.82, 2.24) is 19.8 Å². The first kappa shape index (κ1) is 28.6. The van der Waals surface area contributed by atoms with Gasteiger partial charge >= 0.3 is 6.03 Å². The van der Waals surface area contributed by atoms with Crippen molar-refractivity contribution in [2.45, 2.75) is 64.0 Å². The van der Waals surface area contributed by atoms with Crippen molar-refractivity contribution < 1.29 is 14.3 Å². The van der Waals surface area contributed by atoms with Gasteiger partial charge in [-0.2, -0.15) is 0 Å². The van der Waals surface area contributed by atoms with Gasteiger partial charge < -0.3 is 30.6 Å². The number of hydrogen-bond donors (Lipinski definition) is 3. The molecule has 3 amide bonds. The summed E-state index contributed by atoms with van der Waals surface area (Å²) < 4.78 is 7.56. The molecule has 9 heteroatoms. The van der Waals surface area contributed by atoms with Crippen molar-refractivity contribution in [2.24, 2.45) is 5.73 Å². The lowest BCUT2D eigenvalue weighted by molar-refractivity contribution is -0.132. The fourth-order valence-corrected chi connectivity index (χ4v) is 5.35. The first-order valence-electron chi connectivity index (χ1n) is 14.0. The van der Waals surface area contributed by atoms with Gasteiger partial charge in [-0.25, -0.2) is 9.78 Å². The third-order valence-electron chi connectivity index (χ3n) is 7.35. The number of likely N-dealkylation sites (tertiary alicyclic amines) is 1. The molecule has 1 fully saturated rings. The molecular weight excluding hydrogens is 492 g/mol. The number of urea groups is 1. The van der Waals surface area contributed by atoms with E-state index in [9.17, 15) is 9.59 Å². The maximum atomic E-state index is 13.2. The van der Waals surface area contributed by atoms with E-state index in [4.69, 9.17) is 15.5 Å². The first-order chi connectivity index (χ1) is 18.9. The van der Waals surface area contributed by atoms with Gasteiger partial charge in [0, 0.05) is 64.0 Å². The standard InChI is InChI=1S/C30H42N6O3/c1-21(2)24-11-4-5-12-25(24)34-30(38)32-19-23(31)18-28(37)35-15-8-10-22(20-35)29-33-26-13-6-7-14-27(26)36(29)16-9-17-39-3/h4-7,11-14,21-23H,8-10,15-20,31H2,1-3H3,(H2,32,34,38). The van der Waals surface area contributed by atoms with Gasteiger partial charge in [0.2, 0.25) is 5.91 Å². The number of nitrogens with one attached hydrogen (secondary N) is 2. The van der Waals surface area contributed by atoms with Crippen LogP contribution < -0.4 is 16.4 Å². The van der Waals surface area contributed by atoms with E-state index in [1.807, 2.05) is 47.4 Å². The third kappa shape index (κ3) is 7.36. The van der Waals surface area contributed by atoms with Crippen LogP contribution in [0.2, 0.25) is 0 Å². The summed E-state index contributed by atoms with van der Waals surface area (Å²) in [5.74, 6) is 1.51. The number of hydrogen-bond acceptors (Lipinski definition) is 5. The molecule has 9 nitrogen and oxygen atoms in total. The number of nitrogens with zero attached hydrogens (tertiary/aromatic N) is 3. The van der Waals surface area contributed by atoms with Gasteiger partial charge in [0.25, 0.3) is 0 Å². The fraction of sp³-hybridized carbons (Fsp3) is 0.500. The Hall–Kier alpha value is -3.43. The number of benzene rings is 2. The van der Waals surface area contributed by atoms with E-state index < -0.39 is 6.04 Å². The van der Waals surface area contributed by atoms with Gasteiger partial charge in [0.15, 0.2) is 0 Å². The normalized spacial score (nSPS) is 16.4. The van der Waals surface area contributed by atoms with Crippen molar-refractivity contribution in [3.8, 4) is 0 Å². The maximum absolute atomic E-state index is 13.2. The topological polar surface area (TPSA) is 115 Å². The largest absolute Gasteiger partial charge is 0.385 e. The van der Waals surface area contributed by atoms with Crippen molar-refractivity contribution in [3.05, 3.63) is 59.9 Å². The van der Waals surface area contributed by atoms with Gasteiger partial charge in [-0.3, -0.25) is 4.79 Å². The second-order valence-corrected chi connectivity index (χ2v) is 10.7. The number of aromatic nitrogens is 2. The number of carbonyl (C=O) groups is 2. The summed E-state index contributed by atoms with van der Waals surface area (Å²) in [4.78, 5) is 32.6. The highest BCUT2D eigenvalue weighted by atomic mass is 16.5. The molecule has 4 N–H and O–H groups in total. The Labute approximate surface area is 231 Å². The Kier molecular flexibility index (Phi) is 9.95. The van der Waals surface area contributed by atoms with E-state index in [1.165, 1.54) is 0 Å². The number of anilines is 1. The van der Waals surface area contributed by atoms with E-state index >= 15 is 0 Å². The van der Waals surface area contributed by atoms with Crippen molar-refractivity contribution in [3.63, 3.8) is 0 Å². The van der Waals surface area contributed by atoms with Crippen LogP contribution in [-0.4, -0.2) is 65.8 Å². The highest BCUT2D eigenvalue weighted by Gasteiger charge is 2.29. The lowest BCUT2D eigenvalue weighted by atomic mass is 9.96. The molecule has 1 aromatic heterocycles. The summed E-state index contributed by atoms with van der Waals surface area (Å²) >= 11 is 0. The highest BCUT2D eigenvalue weighted by Crippen LogP contribution is 2.30. The predicted molar refractivity (Wildman–Crippen MR) is 155 cm³/mol. The van der Waals surface area contributed by atoms with Crippen LogP contribution in [0.4, 0.5) is 10.5 Å². The van der Waals surface area contributed by atoms with Crippen LogP contribution in [-0.2, 0) is 16.1 Å². The maximum Gasteiger partial charge on any atom is 0.319 e. The third-order valence-corrected chi connectivity index (χ3v) is 7.35. The van der Waals surface area contributed by atoms with Gasteiger partial charge in [-0.05, 0) is 48.9 Å². The summed E-state index contributed by atoms with van der Waals surface area (Å²) in [6.45, 7) is 7.24. The number of nitrogens with two attached hydrogens (primary N) is 1. The summed E-state index contributed by atoms with van der Waals surface area (Å²) in [5, 5.41) is 5.72. The van der Waals surface area contributed by atoms with Crippen molar-refractivity contribution in [2.75, 3.05) is 38.7 Å². The summed E-state index contributed by atoms with van der Waals surface area (Å²) in [7, 11) is 1.72. The van der Waals surface area contributed by atoms with E-state index in [-0.39, 0.29) is 36.7 Å². The summed E-state index contributed by atoms with van der Waals surface area (Å²) in [6.07, 6.45) is 2.99. The Balaban J connectivity index is 1.32.